The van der Waals surface area contributed by atoms with Crippen LogP contribution in [0, 0.1) is 13.8 Å². The molecule has 2 N–H and O–H groups in total. The van der Waals surface area contributed by atoms with E-state index >= 15 is 0 Å². The molecular weight excluding hydrogens is 517 g/mol. The largest absolute Gasteiger partial charge is 0.496 e. The van der Waals surface area contributed by atoms with Crippen LogP contribution in [0.4, 0.5) is 10.2 Å². The van der Waals surface area contributed by atoms with E-state index in [1.807, 2.05) is 13.8 Å². The lowest BCUT2D eigenvalue weighted by Crippen LogP contribution is -2.22. The monoisotopic (exact) mass is 543 g/mol. The summed E-state index contributed by atoms with van der Waals surface area (Å²) >= 11 is 0. The van der Waals surface area contributed by atoms with Gasteiger partial charge in [0.15, 0.2) is 17.2 Å². The molecule has 0 spiro atoms. The molecule has 0 aliphatic rings. The van der Waals surface area contributed by atoms with Gasteiger partial charge in [-0.15, -0.1) is 0 Å². The first-order valence-corrected chi connectivity index (χ1v) is 12.8. The highest BCUT2D eigenvalue weighted by atomic mass is 32.2. The zero-order valence-electron chi connectivity index (χ0n) is 21.2. The van der Waals surface area contributed by atoms with Gasteiger partial charge in [-0.25, -0.2) is 12.8 Å². The lowest BCUT2D eigenvalue weighted by atomic mass is 10.1. The number of amides is 1. The lowest BCUT2D eigenvalue weighted by Gasteiger charge is -2.13. The topological polar surface area (TPSA) is 138 Å². The molecule has 0 fully saturated rings. The fraction of sp³-hybridized carbons (Fsp3) is 0.240. The second-order valence-electron chi connectivity index (χ2n) is 8.53. The second-order valence-corrected chi connectivity index (χ2v) is 10.2. The van der Waals surface area contributed by atoms with Crippen LogP contribution >= 0.6 is 0 Å². The average molecular weight is 544 g/mol. The molecule has 0 radical (unpaired) electrons. The van der Waals surface area contributed by atoms with Crippen LogP contribution in [0.2, 0.25) is 0 Å². The summed E-state index contributed by atoms with van der Waals surface area (Å²) in [5.74, 6) is -1.45. The number of anilines is 1. The molecule has 2 aromatic carbocycles. The summed E-state index contributed by atoms with van der Waals surface area (Å²) in [6.45, 7) is 7.01. The molecular formula is C25H26FN5O6S. The smallest absolute Gasteiger partial charge is 0.279 e. The summed E-state index contributed by atoms with van der Waals surface area (Å²) in [6.07, 6.45) is 3.23. The van der Waals surface area contributed by atoms with Crippen molar-refractivity contribution in [1.82, 2.24) is 20.3 Å². The Labute approximate surface area is 218 Å². The molecule has 4 aromatic rings. The van der Waals surface area contributed by atoms with E-state index in [-0.39, 0.29) is 23.0 Å². The summed E-state index contributed by atoms with van der Waals surface area (Å²) in [4.78, 5) is 11.3. The predicted octanol–water partition coefficient (Wildman–Crippen LogP) is 3.61. The van der Waals surface area contributed by atoms with Gasteiger partial charge >= 0.3 is 0 Å². The Hall–Kier alpha value is -4.39. The maximum absolute atomic E-state index is 13.3. The number of nitrogens with zero attached hydrogens (tertiary/aromatic N) is 3. The number of hydrogen-bond acceptors (Lipinski definition) is 8. The number of halogens is 1. The fourth-order valence-corrected chi connectivity index (χ4v) is 5.02. The van der Waals surface area contributed by atoms with Crippen molar-refractivity contribution in [2.75, 3.05) is 18.9 Å². The van der Waals surface area contributed by atoms with Crippen LogP contribution in [0.3, 0.4) is 0 Å². The van der Waals surface area contributed by atoms with Gasteiger partial charge < -0.3 is 19.3 Å². The van der Waals surface area contributed by atoms with Crippen LogP contribution in [0.15, 0.2) is 58.5 Å². The summed E-state index contributed by atoms with van der Waals surface area (Å²) in [6, 6.07) is 6.59. The number of rotatable bonds is 10. The van der Waals surface area contributed by atoms with Crippen molar-refractivity contribution in [2.24, 2.45) is 0 Å². The molecule has 2 heterocycles. The van der Waals surface area contributed by atoms with Gasteiger partial charge in [0.05, 0.1) is 27.0 Å². The SMILES string of the molecule is C=C(F)C(=O)NCc1cnn(Cc2cc(OC)c3c(NS(=O)(=O)c4cc(C)c(C)cc4OC)noc3c2)c1. The first-order valence-electron chi connectivity index (χ1n) is 11.3. The Morgan fingerprint density at radius 1 is 1.11 bits per heavy atom. The summed E-state index contributed by atoms with van der Waals surface area (Å²) in [5.41, 5.74) is 3.36. The van der Waals surface area contributed by atoms with Gasteiger partial charge in [-0.05, 0) is 54.8 Å². The standard InChI is InChI=1S/C25H26FN5O6S/c1-14-6-19(35-4)22(7-15(14)2)38(33,34)30-24-23-20(36-5)8-17(9-21(23)37-29-24)12-31-13-18(11-28-31)10-27-25(32)16(3)26/h6-9,11,13H,3,10,12H2,1-2,4-5H3,(H,27,32)(H,29,30). The maximum atomic E-state index is 13.3. The number of carbonyl (C=O) groups is 1. The Bertz CT molecular complexity index is 1640. The first-order chi connectivity index (χ1) is 18.0. The molecule has 0 saturated carbocycles. The molecule has 1 amide bonds. The molecule has 13 heteroatoms. The van der Waals surface area contributed by atoms with E-state index in [0.717, 1.165) is 16.7 Å². The van der Waals surface area contributed by atoms with Crippen molar-refractivity contribution in [2.45, 2.75) is 31.8 Å². The third-order valence-electron chi connectivity index (χ3n) is 5.85. The van der Waals surface area contributed by atoms with Crippen LogP contribution in [-0.2, 0) is 27.9 Å². The zero-order chi connectivity index (χ0) is 27.6. The van der Waals surface area contributed by atoms with E-state index in [9.17, 15) is 17.6 Å². The lowest BCUT2D eigenvalue weighted by molar-refractivity contribution is -0.119. The third-order valence-corrected chi connectivity index (χ3v) is 7.21. The van der Waals surface area contributed by atoms with Crippen molar-refractivity contribution in [3.63, 3.8) is 0 Å². The predicted molar refractivity (Wildman–Crippen MR) is 137 cm³/mol. The van der Waals surface area contributed by atoms with E-state index in [2.05, 4.69) is 26.9 Å². The molecule has 2 aromatic heterocycles. The molecule has 11 nitrogen and oxygen atoms in total. The summed E-state index contributed by atoms with van der Waals surface area (Å²) < 4.78 is 59.7. The van der Waals surface area contributed by atoms with Crippen LogP contribution in [0.25, 0.3) is 11.0 Å². The van der Waals surface area contributed by atoms with E-state index in [1.165, 1.54) is 20.3 Å². The molecule has 0 aliphatic heterocycles. The van der Waals surface area contributed by atoms with Crippen molar-refractivity contribution < 1.29 is 31.6 Å². The highest BCUT2D eigenvalue weighted by molar-refractivity contribution is 7.92. The number of carbonyl (C=O) groups excluding carboxylic acids is 1. The molecule has 0 unspecified atom stereocenters. The number of aryl methyl sites for hydroxylation is 2. The number of methoxy groups -OCH3 is 2. The van der Waals surface area contributed by atoms with Gasteiger partial charge in [0.2, 0.25) is 0 Å². The van der Waals surface area contributed by atoms with Crippen molar-refractivity contribution in [1.29, 1.82) is 0 Å². The van der Waals surface area contributed by atoms with E-state index < -0.39 is 21.8 Å². The molecule has 0 aliphatic carbocycles. The number of aromatic nitrogens is 3. The Kier molecular flexibility index (Phi) is 7.39. The summed E-state index contributed by atoms with van der Waals surface area (Å²) in [7, 11) is -1.23. The van der Waals surface area contributed by atoms with Gasteiger partial charge in [0.1, 0.15) is 21.8 Å². The minimum atomic E-state index is -4.08. The average Bonchev–Trinajstić information content (AvgIpc) is 3.49. The van der Waals surface area contributed by atoms with Gasteiger partial charge in [0.25, 0.3) is 15.9 Å². The highest BCUT2D eigenvalue weighted by Crippen LogP contribution is 2.36. The number of hydrogen-bond donors (Lipinski definition) is 2. The normalized spacial score (nSPS) is 11.4. The Balaban J connectivity index is 1.59. The number of fused-ring (bicyclic) bond motifs is 1. The molecule has 0 saturated heterocycles. The molecule has 4 rings (SSSR count). The Morgan fingerprint density at radius 2 is 1.82 bits per heavy atom. The highest BCUT2D eigenvalue weighted by Gasteiger charge is 2.25. The number of sulfonamides is 1. The quantitative estimate of drug-likeness (QED) is 0.290. The van der Waals surface area contributed by atoms with Gasteiger partial charge in [-0.3, -0.25) is 14.2 Å². The van der Waals surface area contributed by atoms with Gasteiger partial charge in [-0.2, -0.15) is 5.10 Å². The van der Waals surface area contributed by atoms with E-state index in [4.69, 9.17) is 14.0 Å². The Morgan fingerprint density at radius 3 is 2.50 bits per heavy atom. The van der Waals surface area contributed by atoms with Crippen LogP contribution in [0.1, 0.15) is 22.3 Å². The van der Waals surface area contributed by atoms with Crippen molar-refractivity contribution in [3.8, 4) is 11.5 Å². The van der Waals surface area contributed by atoms with E-state index in [1.54, 1.807) is 35.3 Å². The fourth-order valence-electron chi connectivity index (χ4n) is 3.78. The van der Waals surface area contributed by atoms with Crippen molar-refractivity contribution in [3.05, 3.63) is 71.3 Å². The molecule has 200 valence electrons. The summed E-state index contributed by atoms with van der Waals surface area (Å²) in [5, 5.41) is 10.9. The first kappa shape index (κ1) is 26.7. The minimum absolute atomic E-state index is 0.0312. The van der Waals surface area contributed by atoms with Crippen LogP contribution in [0.5, 0.6) is 11.5 Å². The second kappa shape index (κ2) is 10.5. The molecule has 0 bridgehead atoms. The number of nitrogens with one attached hydrogen (secondary N) is 2. The van der Waals surface area contributed by atoms with Crippen molar-refractivity contribution >= 4 is 32.7 Å². The zero-order valence-corrected chi connectivity index (χ0v) is 22.0. The van der Waals surface area contributed by atoms with Gasteiger partial charge in [0, 0.05) is 18.3 Å². The third kappa shape index (κ3) is 5.47. The van der Waals surface area contributed by atoms with Crippen LogP contribution in [-0.4, -0.2) is 43.5 Å². The molecule has 38 heavy (non-hydrogen) atoms. The van der Waals surface area contributed by atoms with Gasteiger partial charge in [-0.1, -0.05) is 11.7 Å². The maximum Gasteiger partial charge on any atom is 0.279 e. The van der Waals surface area contributed by atoms with E-state index in [0.29, 0.717) is 28.8 Å². The number of ether oxygens (including phenoxy) is 2. The van der Waals surface area contributed by atoms with Crippen LogP contribution < -0.4 is 19.5 Å². The minimum Gasteiger partial charge on any atom is -0.496 e. The number of benzene rings is 2. The molecule has 0 atom stereocenters.